The molecule has 0 bridgehead atoms. The van der Waals surface area contributed by atoms with Crippen LogP contribution in [0.5, 0.6) is 0 Å². The lowest BCUT2D eigenvalue weighted by atomic mass is 9.82. The molecule has 0 unspecified atom stereocenters. The highest BCUT2D eigenvalue weighted by atomic mass is 16.2. The van der Waals surface area contributed by atoms with Crippen molar-refractivity contribution in [2.24, 2.45) is 7.05 Å². The maximum Gasteiger partial charge on any atom is 0.376 e. The topological polar surface area (TPSA) is 73.2 Å². The second-order valence-electron chi connectivity index (χ2n) is 7.20. The van der Waals surface area contributed by atoms with E-state index in [2.05, 4.69) is 30.8 Å². The first kappa shape index (κ1) is 17.1. The zero-order valence-corrected chi connectivity index (χ0v) is 15.6. The van der Waals surface area contributed by atoms with Crippen molar-refractivity contribution in [1.82, 2.24) is 24.6 Å². The van der Waals surface area contributed by atoms with Crippen molar-refractivity contribution in [3.8, 4) is 11.1 Å². The maximum absolute atomic E-state index is 9.95. The summed E-state index contributed by atoms with van der Waals surface area (Å²) in [5.41, 5.74) is 4.30. The molecule has 4 heterocycles. The lowest BCUT2D eigenvalue weighted by molar-refractivity contribution is 0.291. The smallest absolute Gasteiger partial charge is 0.376 e. The molecule has 0 spiro atoms. The molecule has 1 atom stereocenters. The molecule has 8 heteroatoms. The summed E-state index contributed by atoms with van der Waals surface area (Å²) < 4.78 is 1.82. The molecule has 0 radical (unpaired) electrons. The van der Waals surface area contributed by atoms with E-state index in [1.165, 1.54) is 5.69 Å². The van der Waals surface area contributed by atoms with Gasteiger partial charge in [0.1, 0.15) is 5.65 Å². The predicted molar refractivity (Wildman–Crippen MR) is 105 cm³/mol. The molecule has 0 amide bonds. The number of rotatable bonds is 4. The van der Waals surface area contributed by atoms with Crippen LogP contribution in [0.2, 0.25) is 6.82 Å². The summed E-state index contributed by atoms with van der Waals surface area (Å²) in [6, 6.07) is 2.44. The minimum absolute atomic E-state index is 0.341. The van der Waals surface area contributed by atoms with Crippen LogP contribution in [-0.4, -0.2) is 62.8 Å². The highest BCUT2D eigenvalue weighted by Crippen LogP contribution is 2.36. The minimum Gasteiger partial charge on any atom is -0.437 e. The molecule has 1 fully saturated rings. The quantitative estimate of drug-likeness (QED) is 0.703. The molecule has 1 aliphatic heterocycles. The molecule has 1 saturated heterocycles. The Morgan fingerprint density at radius 1 is 1.42 bits per heavy atom. The Hall–Kier alpha value is -2.32. The zero-order chi connectivity index (χ0) is 18.3. The molecule has 2 N–H and O–H groups in total. The van der Waals surface area contributed by atoms with Gasteiger partial charge in [0, 0.05) is 61.6 Å². The van der Waals surface area contributed by atoms with Crippen LogP contribution in [0.4, 0.5) is 5.69 Å². The summed E-state index contributed by atoms with van der Waals surface area (Å²) >= 11 is 0. The van der Waals surface area contributed by atoms with E-state index >= 15 is 0 Å². The Bertz CT molecular complexity index is 904. The molecule has 1 aliphatic rings. The van der Waals surface area contributed by atoms with Crippen molar-refractivity contribution in [3.05, 3.63) is 30.9 Å². The number of aryl methyl sites for hydroxylation is 1. The second kappa shape index (κ2) is 6.77. The van der Waals surface area contributed by atoms with Crippen molar-refractivity contribution < 1.29 is 5.02 Å². The molecule has 3 aromatic heterocycles. The predicted octanol–water partition coefficient (Wildman–Crippen LogP) is 1.97. The number of H-pyrrole nitrogens is 1. The third kappa shape index (κ3) is 2.99. The maximum atomic E-state index is 9.95. The van der Waals surface area contributed by atoms with Crippen LogP contribution < -0.4 is 4.90 Å². The molecule has 0 saturated carbocycles. The fraction of sp³-hybridized carbons (Fsp3) is 0.444. The minimum atomic E-state index is -0.435. The number of anilines is 1. The van der Waals surface area contributed by atoms with Crippen molar-refractivity contribution >= 4 is 23.8 Å². The summed E-state index contributed by atoms with van der Waals surface area (Å²) in [4.78, 5) is 12.3. The Morgan fingerprint density at radius 3 is 3.00 bits per heavy atom. The summed E-state index contributed by atoms with van der Waals surface area (Å²) in [6.45, 7) is 3.75. The van der Waals surface area contributed by atoms with E-state index in [1.54, 1.807) is 0 Å². The van der Waals surface area contributed by atoms with E-state index in [-0.39, 0.29) is 0 Å². The van der Waals surface area contributed by atoms with Crippen molar-refractivity contribution in [2.75, 3.05) is 25.0 Å². The van der Waals surface area contributed by atoms with Gasteiger partial charge in [-0.1, -0.05) is 0 Å². The average Bonchev–Trinajstić information content (AvgIpc) is 3.26. The number of nitrogens with one attached hydrogen (secondary N) is 1. The highest BCUT2D eigenvalue weighted by Gasteiger charge is 2.28. The number of hydrogen-bond donors (Lipinski definition) is 2. The first-order chi connectivity index (χ1) is 12.5. The molecular weight excluding hydrogens is 327 g/mol. The Morgan fingerprint density at radius 2 is 2.27 bits per heavy atom. The number of likely N-dealkylation sites (N-methyl/N-ethyl adjacent to an activating group) is 1. The Labute approximate surface area is 153 Å². The molecule has 0 aromatic carbocycles. The van der Waals surface area contributed by atoms with Crippen molar-refractivity contribution in [3.63, 3.8) is 0 Å². The molecule has 0 aliphatic carbocycles. The molecule has 136 valence electrons. The lowest BCUT2D eigenvalue weighted by Gasteiger charge is -2.39. The lowest BCUT2D eigenvalue weighted by Crippen LogP contribution is -2.51. The molecule has 4 rings (SSSR count). The third-order valence-electron chi connectivity index (χ3n) is 5.47. The van der Waals surface area contributed by atoms with Crippen LogP contribution in [0.1, 0.15) is 12.8 Å². The zero-order valence-electron chi connectivity index (χ0n) is 15.6. The van der Waals surface area contributed by atoms with Gasteiger partial charge in [0.05, 0.1) is 11.6 Å². The van der Waals surface area contributed by atoms with Gasteiger partial charge in [-0.3, -0.25) is 4.68 Å². The fourth-order valence-corrected chi connectivity index (χ4v) is 3.90. The number of fused-ring (bicyclic) bond motifs is 1. The van der Waals surface area contributed by atoms with E-state index in [0.29, 0.717) is 6.04 Å². The van der Waals surface area contributed by atoms with Gasteiger partial charge in [0.15, 0.2) is 0 Å². The van der Waals surface area contributed by atoms with Crippen LogP contribution in [0.25, 0.3) is 22.2 Å². The number of pyridine rings is 1. The summed E-state index contributed by atoms with van der Waals surface area (Å²) in [7, 11) is 3.49. The van der Waals surface area contributed by atoms with Crippen LogP contribution in [0.15, 0.2) is 30.9 Å². The molecular formula is C18H25BN6O. The largest absolute Gasteiger partial charge is 0.437 e. The highest BCUT2D eigenvalue weighted by molar-refractivity contribution is 6.45. The van der Waals surface area contributed by atoms with E-state index < -0.39 is 7.05 Å². The van der Waals surface area contributed by atoms with Gasteiger partial charge >= 0.3 is 7.05 Å². The fourth-order valence-electron chi connectivity index (χ4n) is 3.90. The van der Waals surface area contributed by atoms with E-state index in [1.807, 2.05) is 50.4 Å². The number of aromatic amines is 1. The van der Waals surface area contributed by atoms with Crippen molar-refractivity contribution in [2.45, 2.75) is 25.7 Å². The van der Waals surface area contributed by atoms with Gasteiger partial charge in [0.25, 0.3) is 0 Å². The first-order valence-corrected chi connectivity index (χ1v) is 9.14. The van der Waals surface area contributed by atoms with Gasteiger partial charge in [-0.25, -0.2) is 4.98 Å². The summed E-state index contributed by atoms with van der Waals surface area (Å²) in [5, 5.41) is 15.4. The standard InChI is InChI=1S/C18H25BN6O/c1-19(26)24(3)14-5-4-8-25(12-14)16-6-7-20-18-17(16)15(10-21-18)13-9-22-23(2)11-13/h6-7,9-11,14,26H,4-5,8,12H2,1-3H3,(H,20,21)/t14-/m0/s1. The van der Waals surface area contributed by atoms with E-state index in [4.69, 9.17) is 0 Å². The third-order valence-corrected chi connectivity index (χ3v) is 5.47. The van der Waals surface area contributed by atoms with Crippen molar-refractivity contribution in [1.29, 1.82) is 0 Å². The number of piperidine rings is 1. The summed E-state index contributed by atoms with van der Waals surface area (Å²) in [6.07, 6.45) is 10.0. The SMILES string of the molecule is CB(O)N(C)[C@H]1CCCN(c2ccnc3[nH]cc(-c4cnn(C)c4)c23)C1. The monoisotopic (exact) mass is 352 g/mol. The Kier molecular flexibility index (Phi) is 4.46. The van der Waals surface area contributed by atoms with Gasteiger partial charge in [-0.15, -0.1) is 0 Å². The van der Waals surface area contributed by atoms with Gasteiger partial charge in [-0.2, -0.15) is 5.10 Å². The summed E-state index contributed by atoms with van der Waals surface area (Å²) in [5.74, 6) is 0. The van der Waals surface area contributed by atoms with E-state index in [9.17, 15) is 5.02 Å². The molecule has 26 heavy (non-hydrogen) atoms. The average molecular weight is 352 g/mol. The Balaban J connectivity index is 1.73. The van der Waals surface area contributed by atoms with Crippen LogP contribution in [0.3, 0.4) is 0 Å². The number of nitrogens with zero attached hydrogens (tertiary/aromatic N) is 5. The second-order valence-corrected chi connectivity index (χ2v) is 7.20. The molecule has 3 aromatic rings. The van der Waals surface area contributed by atoms with Crippen LogP contribution >= 0.6 is 0 Å². The first-order valence-electron chi connectivity index (χ1n) is 9.14. The van der Waals surface area contributed by atoms with Crippen LogP contribution in [0, 0.1) is 0 Å². The van der Waals surface area contributed by atoms with Crippen LogP contribution in [-0.2, 0) is 7.05 Å². The van der Waals surface area contributed by atoms with E-state index in [0.717, 1.165) is 48.1 Å². The van der Waals surface area contributed by atoms with Gasteiger partial charge in [-0.05, 0) is 32.8 Å². The number of hydrogen-bond acceptors (Lipinski definition) is 5. The number of aromatic nitrogens is 4. The molecule has 7 nitrogen and oxygen atoms in total. The normalized spacial score (nSPS) is 18.0. The van der Waals surface area contributed by atoms with Gasteiger partial charge < -0.3 is 19.7 Å². The van der Waals surface area contributed by atoms with Gasteiger partial charge in [0.2, 0.25) is 0 Å².